The predicted molar refractivity (Wildman–Crippen MR) is 82.2 cm³/mol. The third kappa shape index (κ3) is 6.09. The van der Waals surface area contributed by atoms with Crippen molar-refractivity contribution in [2.45, 2.75) is 25.9 Å². The van der Waals surface area contributed by atoms with Crippen LogP contribution in [0.25, 0.3) is 0 Å². The number of hydrogen-bond donors (Lipinski definition) is 3. The van der Waals surface area contributed by atoms with Crippen molar-refractivity contribution < 1.29 is 9.90 Å². The zero-order valence-electron chi connectivity index (χ0n) is 11.5. The predicted octanol–water partition coefficient (Wildman–Crippen LogP) is 2.53. The van der Waals surface area contributed by atoms with Gasteiger partial charge in [0.15, 0.2) is 0 Å². The first-order valence-corrected chi connectivity index (χ1v) is 7.40. The lowest BCUT2D eigenvalue weighted by Crippen LogP contribution is -2.30. The fourth-order valence-electron chi connectivity index (χ4n) is 1.67. The van der Waals surface area contributed by atoms with Gasteiger partial charge in [0.05, 0.1) is 6.10 Å². The standard InChI is InChI=1S/C14H20Cl2N2O2/c1-2-6-18-14(20)5-7-17-9-13(19)11-8-10(15)3-4-12(11)16/h3-4,8,13,17,19H,2,5-7,9H2,1H3,(H,18,20). The third-order valence-electron chi connectivity index (χ3n) is 2.76. The Hall–Kier alpha value is -0.810. The second kappa shape index (κ2) is 9.19. The van der Waals surface area contributed by atoms with Crippen LogP contribution in [0.2, 0.25) is 10.0 Å². The van der Waals surface area contributed by atoms with Crippen molar-refractivity contribution in [2.75, 3.05) is 19.6 Å². The Kier molecular flexibility index (Phi) is 7.92. The van der Waals surface area contributed by atoms with Crippen molar-refractivity contribution in [3.8, 4) is 0 Å². The molecule has 4 nitrogen and oxygen atoms in total. The van der Waals surface area contributed by atoms with Crippen molar-refractivity contribution >= 4 is 29.1 Å². The molecule has 1 unspecified atom stereocenters. The van der Waals surface area contributed by atoms with E-state index >= 15 is 0 Å². The van der Waals surface area contributed by atoms with Gasteiger partial charge < -0.3 is 15.7 Å². The molecule has 0 saturated heterocycles. The maximum Gasteiger partial charge on any atom is 0.221 e. The number of halogens is 2. The van der Waals surface area contributed by atoms with Gasteiger partial charge >= 0.3 is 0 Å². The summed E-state index contributed by atoms with van der Waals surface area (Å²) in [6, 6.07) is 4.97. The van der Waals surface area contributed by atoms with E-state index in [9.17, 15) is 9.90 Å². The van der Waals surface area contributed by atoms with Gasteiger partial charge in [0.2, 0.25) is 5.91 Å². The molecular weight excluding hydrogens is 299 g/mol. The first kappa shape index (κ1) is 17.2. The lowest BCUT2D eigenvalue weighted by molar-refractivity contribution is -0.121. The zero-order chi connectivity index (χ0) is 15.0. The summed E-state index contributed by atoms with van der Waals surface area (Å²) in [5.41, 5.74) is 0.585. The molecule has 0 radical (unpaired) electrons. The molecule has 0 fully saturated rings. The van der Waals surface area contributed by atoms with Gasteiger partial charge in [-0.15, -0.1) is 0 Å². The number of nitrogens with one attached hydrogen (secondary N) is 2. The molecule has 1 atom stereocenters. The number of carbonyl (C=O) groups is 1. The van der Waals surface area contributed by atoms with E-state index in [4.69, 9.17) is 23.2 Å². The summed E-state index contributed by atoms with van der Waals surface area (Å²) in [6.07, 6.45) is 0.557. The van der Waals surface area contributed by atoms with Crippen LogP contribution in [-0.4, -0.2) is 30.6 Å². The number of aliphatic hydroxyl groups is 1. The molecule has 1 amide bonds. The van der Waals surface area contributed by atoms with E-state index < -0.39 is 6.10 Å². The van der Waals surface area contributed by atoms with E-state index in [1.165, 1.54) is 0 Å². The summed E-state index contributed by atoms with van der Waals surface area (Å²) in [4.78, 5) is 11.4. The average molecular weight is 319 g/mol. The van der Waals surface area contributed by atoms with E-state index in [1.54, 1.807) is 18.2 Å². The number of hydrogen-bond acceptors (Lipinski definition) is 3. The highest BCUT2D eigenvalue weighted by atomic mass is 35.5. The Bertz CT molecular complexity index is 441. The number of aliphatic hydroxyl groups excluding tert-OH is 1. The maximum atomic E-state index is 11.4. The normalized spacial score (nSPS) is 12.2. The minimum Gasteiger partial charge on any atom is -0.387 e. The van der Waals surface area contributed by atoms with Crippen LogP contribution in [0.15, 0.2) is 18.2 Å². The lowest BCUT2D eigenvalue weighted by Gasteiger charge is -2.14. The summed E-state index contributed by atoms with van der Waals surface area (Å²) in [7, 11) is 0. The summed E-state index contributed by atoms with van der Waals surface area (Å²) in [5, 5.41) is 16.8. The van der Waals surface area contributed by atoms with E-state index in [2.05, 4.69) is 10.6 Å². The molecule has 112 valence electrons. The Morgan fingerprint density at radius 1 is 1.35 bits per heavy atom. The monoisotopic (exact) mass is 318 g/mol. The summed E-state index contributed by atoms with van der Waals surface area (Å²) in [6.45, 7) is 3.52. The summed E-state index contributed by atoms with van der Waals surface area (Å²) in [5.74, 6) is 0.00891. The van der Waals surface area contributed by atoms with E-state index in [-0.39, 0.29) is 5.91 Å². The molecule has 1 rings (SSSR count). The highest BCUT2D eigenvalue weighted by molar-refractivity contribution is 6.33. The quantitative estimate of drug-likeness (QED) is 0.645. The fourth-order valence-corrected chi connectivity index (χ4v) is 2.10. The summed E-state index contributed by atoms with van der Waals surface area (Å²) < 4.78 is 0. The van der Waals surface area contributed by atoms with Gasteiger partial charge in [0.25, 0.3) is 0 Å². The first-order chi connectivity index (χ1) is 9.54. The van der Waals surface area contributed by atoms with Crippen molar-refractivity contribution in [2.24, 2.45) is 0 Å². The van der Waals surface area contributed by atoms with Gasteiger partial charge in [0.1, 0.15) is 0 Å². The molecule has 0 spiro atoms. The highest BCUT2D eigenvalue weighted by Crippen LogP contribution is 2.25. The Morgan fingerprint density at radius 3 is 2.80 bits per heavy atom. The van der Waals surface area contributed by atoms with Crippen molar-refractivity contribution in [1.82, 2.24) is 10.6 Å². The van der Waals surface area contributed by atoms with Crippen LogP contribution in [0.1, 0.15) is 31.4 Å². The molecule has 1 aromatic carbocycles. The molecule has 3 N–H and O–H groups in total. The van der Waals surface area contributed by atoms with Crippen LogP contribution in [0.4, 0.5) is 0 Å². The van der Waals surface area contributed by atoms with E-state index in [0.29, 0.717) is 41.7 Å². The van der Waals surface area contributed by atoms with E-state index in [0.717, 1.165) is 6.42 Å². The van der Waals surface area contributed by atoms with Crippen LogP contribution >= 0.6 is 23.2 Å². The number of amides is 1. The van der Waals surface area contributed by atoms with Gasteiger partial charge in [0, 0.05) is 41.7 Å². The van der Waals surface area contributed by atoms with Gasteiger partial charge in [-0.3, -0.25) is 4.79 Å². The average Bonchev–Trinajstić information content (AvgIpc) is 2.43. The molecule has 0 aliphatic heterocycles. The van der Waals surface area contributed by atoms with Crippen LogP contribution in [0.3, 0.4) is 0 Å². The molecule has 0 heterocycles. The zero-order valence-corrected chi connectivity index (χ0v) is 13.0. The van der Waals surface area contributed by atoms with Crippen molar-refractivity contribution in [3.63, 3.8) is 0 Å². The lowest BCUT2D eigenvalue weighted by atomic mass is 10.1. The van der Waals surface area contributed by atoms with Crippen molar-refractivity contribution in [3.05, 3.63) is 33.8 Å². The van der Waals surface area contributed by atoms with Crippen LogP contribution in [0.5, 0.6) is 0 Å². The van der Waals surface area contributed by atoms with Gasteiger partial charge in [-0.1, -0.05) is 30.1 Å². The maximum absolute atomic E-state index is 11.4. The van der Waals surface area contributed by atoms with Gasteiger partial charge in [-0.2, -0.15) is 0 Å². The smallest absolute Gasteiger partial charge is 0.221 e. The third-order valence-corrected chi connectivity index (χ3v) is 3.34. The van der Waals surface area contributed by atoms with Crippen LogP contribution < -0.4 is 10.6 Å². The Morgan fingerprint density at radius 2 is 2.10 bits per heavy atom. The number of carbonyl (C=O) groups excluding carboxylic acids is 1. The molecule has 0 saturated carbocycles. The largest absolute Gasteiger partial charge is 0.387 e. The van der Waals surface area contributed by atoms with Crippen LogP contribution in [0, 0.1) is 0 Å². The SMILES string of the molecule is CCCNC(=O)CCNCC(O)c1cc(Cl)ccc1Cl. The minimum atomic E-state index is -0.750. The first-order valence-electron chi connectivity index (χ1n) is 6.65. The Balaban J connectivity index is 2.31. The number of benzene rings is 1. The van der Waals surface area contributed by atoms with Crippen molar-refractivity contribution in [1.29, 1.82) is 0 Å². The molecule has 6 heteroatoms. The summed E-state index contributed by atoms with van der Waals surface area (Å²) >= 11 is 11.9. The topological polar surface area (TPSA) is 61.4 Å². The minimum absolute atomic E-state index is 0.00891. The molecule has 20 heavy (non-hydrogen) atoms. The Labute approximate surface area is 129 Å². The molecular formula is C14H20Cl2N2O2. The second-order valence-electron chi connectivity index (χ2n) is 4.49. The second-order valence-corrected chi connectivity index (χ2v) is 5.33. The van der Waals surface area contributed by atoms with Crippen LogP contribution in [-0.2, 0) is 4.79 Å². The van der Waals surface area contributed by atoms with E-state index in [1.807, 2.05) is 6.92 Å². The molecule has 0 aromatic heterocycles. The van der Waals surface area contributed by atoms with Gasteiger partial charge in [-0.25, -0.2) is 0 Å². The molecule has 0 aliphatic rings. The molecule has 0 bridgehead atoms. The molecule has 0 aliphatic carbocycles. The molecule has 1 aromatic rings. The highest BCUT2D eigenvalue weighted by Gasteiger charge is 2.12. The fraction of sp³-hybridized carbons (Fsp3) is 0.500. The number of rotatable bonds is 8. The van der Waals surface area contributed by atoms with Gasteiger partial charge in [-0.05, 0) is 24.6 Å².